The fourth-order valence-electron chi connectivity index (χ4n) is 1.97. The number of aliphatic imine (C=N–C) groups is 1. The molecule has 1 aliphatic rings. The van der Waals surface area contributed by atoms with E-state index in [1.54, 1.807) is 24.7 Å². The molecule has 2 aromatic rings. The van der Waals surface area contributed by atoms with Gasteiger partial charge in [-0.2, -0.15) is 5.10 Å². The Hall–Kier alpha value is -2.63. The molecule has 0 radical (unpaired) electrons. The van der Waals surface area contributed by atoms with Gasteiger partial charge in [0.1, 0.15) is 6.34 Å². The van der Waals surface area contributed by atoms with Crippen molar-refractivity contribution < 1.29 is 0 Å². The first-order valence-electron chi connectivity index (χ1n) is 5.94. The van der Waals surface area contributed by atoms with Crippen LogP contribution in [0, 0.1) is 0 Å². The highest BCUT2D eigenvalue weighted by Gasteiger charge is 2.16. The number of nitrogens with two attached hydrogens (primary N) is 1. The van der Waals surface area contributed by atoms with E-state index in [-0.39, 0.29) is 0 Å². The van der Waals surface area contributed by atoms with E-state index in [1.807, 2.05) is 22.8 Å². The van der Waals surface area contributed by atoms with E-state index in [2.05, 4.69) is 27.2 Å². The van der Waals surface area contributed by atoms with Crippen LogP contribution >= 0.6 is 0 Å². The van der Waals surface area contributed by atoms with E-state index in [1.165, 1.54) is 5.56 Å². The van der Waals surface area contributed by atoms with Gasteiger partial charge >= 0.3 is 0 Å². The maximum absolute atomic E-state index is 5.90. The predicted molar refractivity (Wildman–Crippen MR) is 74.4 cm³/mol. The Bertz CT molecular complexity index is 640. The zero-order valence-electron chi connectivity index (χ0n) is 10.6. The summed E-state index contributed by atoms with van der Waals surface area (Å²) in [5.74, 6) is 1.11. The topological polar surface area (TPSA) is 71.8 Å². The molecule has 1 aromatic heterocycles. The first-order chi connectivity index (χ1) is 9.24. The largest absolute Gasteiger partial charge is 0.380 e. The van der Waals surface area contributed by atoms with Crippen molar-refractivity contribution >= 4 is 18.0 Å². The molecule has 0 atom stereocenters. The third kappa shape index (κ3) is 2.20. The Balaban J connectivity index is 1.98. The maximum atomic E-state index is 5.90. The Kier molecular flexibility index (Phi) is 2.75. The first-order valence-corrected chi connectivity index (χ1v) is 5.94. The molecular formula is C13H14N6. The van der Waals surface area contributed by atoms with Crippen LogP contribution in [-0.2, 0) is 6.54 Å². The molecule has 0 aliphatic carbocycles. The Labute approximate surface area is 110 Å². The molecule has 0 saturated carbocycles. The number of nitrogens with zero attached hydrogens (tertiary/aromatic N) is 5. The zero-order valence-corrected chi connectivity index (χ0v) is 10.6. The second kappa shape index (κ2) is 4.56. The quantitative estimate of drug-likeness (QED) is 0.874. The summed E-state index contributed by atoms with van der Waals surface area (Å²) in [6, 6.07) is 10.2. The maximum Gasteiger partial charge on any atom is 0.173 e. The standard InChI is InChI=1S/C13H14N6/c1-18-8-16-13-11(12(14)17-18)15-9-19(13)7-10-5-3-2-4-6-10/h2-6,8-9H,7H2,1H3,(H2,14,17). The van der Waals surface area contributed by atoms with E-state index in [0.717, 1.165) is 5.82 Å². The molecule has 0 unspecified atom stereocenters. The van der Waals surface area contributed by atoms with E-state index < -0.39 is 0 Å². The van der Waals surface area contributed by atoms with Gasteiger partial charge in [-0.1, -0.05) is 30.3 Å². The molecule has 0 spiro atoms. The van der Waals surface area contributed by atoms with Gasteiger partial charge in [0.15, 0.2) is 17.3 Å². The lowest BCUT2D eigenvalue weighted by Crippen LogP contribution is -2.18. The average molecular weight is 254 g/mol. The summed E-state index contributed by atoms with van der Waals surface area (Å²) in [4.78, 5) is 8.68. The molecule has 96 valence electrons. The van der Waals surface area contributed by atoms with Crippen molar-refractivity contribution in [2.24, 2.45) is 15.8 Å². The number of benzene rings is 1. The van der Waals surface area contributed by atoms with E-state index in [0.29, 0.717) is 18.1 Å². The number of hydrazone groups is 1. The third-order valence-electron chi connectivity index (χ3n) is 2.86. The normalized spacial score (nSPS) is 13.9. The van der Waals surface area contributed by atoms with E-state index in [4.69, 9.17) is 5.73 Å². The third-order valence-corrected chi connectivity index (χ3v) is 2.86. The number of rotatable bonds is 2. The van der Waals surface area contributed by atoms with Gasteiger partial charge in [-0.15, -0.1) is 0 Å². The minimum Gasteiger partial charge on any atom is -0.380 e. The summed E-state index contributed by atoms with van der Waals surface area (Å²) in [6.45, 7) is 0.706. The smallest absolute Gasteiger partial charge is 0.173 e. The fraction of sp³-hybridized carbons (Fsp3) is 0.154. The molecule has 6 heteroatoms. The Morgan fingerprint density at radius 2 is 2.00 bits per heavy atom. The SMILES string of the molecule is CN1C=Nc2c(ncn2Cc2ccccc2)C(N)=N1. The van der Waals surface area contributed by atoms with E-state index in [9.17, 15) is 0 Å². The molecule has 1 aromatic carbocycles. The lowest BCUT2D eigenvalue weighted by Gasteiger charge is -2.05. The number of hydrogen-bond acceptors (Lipinski definition) is 5. The van der Waals surface area contributed by atoms with Gasteiger partial charge < -0.3 is 10.3 Å². The Morgan fingerprint density at radius 3 is 2.79 bits per heavy atom. The van der Waals surface area contributed by atoms with Crippen LogP contribution in [0.5, 0.6) is 0 Å². The average Bonchev–Trinajstić information content (AvgIpc) is 2.74. The predicted octanol–water partition coefficient (Wildman–Crippen LogP) is 1.16. The molecule has 6 nitrogen and oxygen atoms in total. The van der Waals surface area contributed by atoms with Crippen molar-refractivity contribution in [3.05, 3.63) is 47.9 Å². The van der Waals surface area contributed by atoms with Crippen LogP contribution in [0.15, 0.2) is 46.8 Å². The van der Waals surface area contributed by atoms with Crippen LogP contribution in [0.2, 0.25) is 0 Å². The summed E-state index contributed by atoms with van der Waals surface area (Å²) in [5.41, 5.74) is 7.70. The summed E-state index contributed by atoms with van der Waals surface area (Å²) in [6.07, 6.45) is 3.37. The summed E-state index contributed by atoms with van der Waals surface area (Å²) >= 11 is 0. The van der Waals surface area contributed by atoms with Crippen LogP contribution in [0.4, 0.5) is 5.82 Å². The van der Waals surface area contributed by atoms with Crippen LogP contribution in [0.3, 0.4) is 0 Å². The van der Waals surface area contributed by atoms with Crippen LogP contribution < -0.4 is 5.73 Å². The van der Waals surface area contributed by atoms with Crippen molar-refractivity contribution in [1.82, 2.24) is 14.6 Å². The van der Waals surface area contributed by atoms with Crippen molar-refractivity contribution in [3.8, 4) is 0 Å². The first kappa shape index (κ1) is 11.5. The molecule has 1 aliphatic heterocycles. The number of fused-ring (bicyclic) bond motifs is 1. The highest BCUT2D eigenvalue weighted by atomic mass is 15.5. The van der Waals surface area contributed by atoms with Gasteiger partial charge in [0.05, 0.1) is 12.9 Å². The lowest BCUT2D eigenvalue weighted by molar-refractivity contribution is 0.562. The molecule has 19 heavy (non-hydrogen) atoms. The molecular weight excluding hydrogens is 240 g/mol. The van der Waals surface area contributed by atoms with Crippen LogP contribution in [-0.4, -0.2) is 33.8 Å². The van der Waals surface area contributed by atoms with Gasteiger partial charge in [-0.05, 0) is 5.56 Å². The highest BCUT2D eigenvalue weighted by Crippen LogP contribution is 2.21. The van der Waals surface area contributed by atoms with Gasteiger partial charge in [-0.25, -0.2) is 9.98 Å². The fourth-order valence-corrected chi connectivity index (χ4v) is 1.97. The van der Waals surface area contributed by atoms with Gasteiger partial charge in [0.25, 0.3) is 0 Å². The molecule has 0 fully saturated rings. The van der Waals surface area contributed by atoms with Crippen molar-refractivity contribution in [2.45, 2.75) is 6.54 Å². The van der Waals surface area contributed by atoms with Crippen molar-refractivity contribution in [2.75, 3.05) is 7.05 Å². The van der Waals surface area contributed by atoms with Gasteiger partial charge in [0, 0.05) is 7.05 Å². The number of imidazole rings is 1. The summed E-state index contributed by atoms with van der Waals surface area (Å²) < 4.78 is 1.96. The number of aromatic nitrogens is 2. The number of hydrogen-bond donors (Lipinski definition) is 1. The molecule has 3 rings (SSSR count). The van der Waals surface area contributed by atoms with E-state index >= 15 is 0 Å². The zero-order chi connectivity index (χ0) is 13.2. The molecule has 0 saturated heterocycles. The van der Waals surface area contributed by atoms with Crippen molar-refractivity contribution in [1.29, 1.82) is 0 Å². The number of amidine groups is 1. The van der Waals surface area contributed by atoms with Crippen molar-refractivity contribution in [3.63, 3.8) is 0 Å². The minimum absolute atomic E-state index is 0.377. The minimum atomic E-state index is 0.377. The molecule has 0 amide bonds. The summed E-state index contributed by atoms with van der Waals surface area (Å²) in [7, 11) is 1.78. The Morgan fingerprint density at radius 1 is 1.21 bits per heavy atom. The highest BCUT2D eigenvalue weighted by molar-refractivity contribution is 6.00. The second-order valence-corrected chi connectivity index (χ2v) is 4.33. The summed E-state index contributed by atoms with van der Waals surface area (Å²) in [5, 5.41) is 5.71. The second-order valence-electron chi connectivity index (χ2n) is 4.33. The van der Waals surface area contributed by atoms with Crippen LogP contribution in [0.1, 0.15) is 11.3 Å². The molecule has 0 bridgehead atoms. The monoisotopic (exact) mass is 254 g/mol. The van der Waals surface area contributed by atoms with Gasteiger partial charge in [-0.3, -0.25) is 5.01 Å². The molecule has 2 N–H and O–H groups in total. The van der Waals surface area contributed by atoms with Gasteiger partial charge in [0.2, 0.25) is 0 Å². The molecule has 2 heterocycles. The van der Waals surface area contributed by atoms with Crippen LogP contribution in [0.25, 0.3) is 0 Å². The lowest BCUT2D eigenvalue weighted by atomic mass is 10.2.